The van der Waals surface area contributed by atoms with Crippen LogP contribution in [0.3, 0.4) is 0 Å². The van der Waals surface area contributed by atoms with Crippen LogP contribution in [-0.4, -0.2) is 51.9 Å². The van der Waals surface area contributed by atoms with Crippen molar-refractivity contribution in [2.45, 2.75) is 52.6 Å². The van der Waals surface area contributed by atoms with Crippen molar-refractivity contribution in [3.05, 3.63) is 36.7 Å². The van der Waals surface area contributed by atoms with Gasteiger partial charge in [0.05, 0.1) is 17.8 Å². The van der Waals surface area contributed by atoms with Crippen LogP contribution < -0.4 is 5.46 Å². The van der Waals surface area contributed by atoms with Crippen LogP contribution in [0.5, 0.6) is 0 Å². The van der Waals surface area contributed by atoms with E-state index in [0.717, 1.165) is 28.4 Å². The van der Waals surface area contributed by atoms with E-state index in [1.165, 1.54) is 0 Å². The molecular formula is C21H31BN2O3S. The van der Waals surface area contributed by atoms with E-state index in [-0.39, 0.29) is 28.8 Å². The Balaban J connectivity index is 1.72. The topological polar surface area (TPSA) is 45.5 Å². The molecule has 2 heterocycles. The third-order valence-corrected chi connectivity index (χ3v) is 7.10. The second-order valence-corrected chi connectivity index (χ2v) is 10.3. The Hall–Kier alpha value is -1.41. The van der Waals surface area contributed by atoms with Crippen LogP contribution in [0, 0.1) is 0 Å². The first kappa shape index (κ1) is 21.3. The fraction of sp³-hybridized carbons (Fsp3) is 0.524. The van der Waals surface area contributed by atoms with Gasteiger partial charge in [0.1, 0.15) is 12.6 Å². The highest BCUT2D eigenvalue weighted by Crippen LogP contribution is 2.36. The highest BCUT2D eigenvalue weighted by molar-refractivity contribution is 8.14. The first-order valence-electron chi connectivity index (χ1n) is 9.75. The summed E-state index contributed by atoms with van der Waals surface area (Å²) in [4.78, 5) is 4.53. The number of nitrogens with zero attached hydrogens (tertiary/aromatic N) is 2. The van der Waals surface area contributed by atoms with Crippen LogP contribution in [0.25, 0.3) is 11.4 Å². The van der Waals surface area contributed by atoms with E-state index in [9.17, 15) is 0 Å². The van der Waals surface area contributed by atoms with Gasteiger partial charge < -0.3 is 18.6 Å². The summed E-state index contributed by atoms with van der Waals surface area (Å²) in [6.45, 7) is 11.6. The zero-order valence-corrected chi connectivity index (χ0v) is 18.4. The van der Waals surface area contributed by atoms with Gasteiger partial charge in [-0.2, -0.15) is 10.5 Å². The number of ether oxygens (including phenoxy) is 1. The zero-order chi connectivity index (χ0) is 20.4. The van der Waals surface area contributed by atoms with Crippen molar-refractivity contribution in [2.75, 3.05) is 18.1 Å². The lowest BCUT2D eigenvalue weighted by Gasteiger charge is -2.32. The number of imidazole rings is 1. The molecule has 152 valence electrons. The van der Waals surface area contributed by atoms with Gasteiger partial charge in [0, 0.05) is 23.7 Å². The summed E-state index contributed by atoms with van der Waals surface area (Å²) < 4.78 is 20.2. The molecule has 0 saturated carbocycles. The molecule has 5 nitrogen and oxygen atoms in total. The van der Waals surface area contributed by atoms with Crippen LogP contribution in [0.4, 0.5) is 0 Å². The first-order valence-corrected chi connectivity index (χ1v) is 11.5. The van der Waals surface area contributed by atoms with Gasteiger partial charge in [0.25, 0.3) is 0 Å². The summed E-state index contributed by atoms with van der Waals surface area (Å²) in [6, 6.07) is 8.20. The lowest BCUT2D eigenvalue weighted by atomic mass is 9.78. The normalized spacial score (nSPS) is 19.1. The molecule has 1 unspecified atom stereocenters. The van der Waals surface area contributed by atoms with Crippen LogP contribution in [0.1, 0.15) is 34.6 Å². The van der Waals surface area contributed by atoms with E-state index in [2.05, 4.69) is 57.6 Å². The Labute approximate surface area is 171 Å². The molecule has 1 atom stereocenters. The molecule has 0 radical (unpaired) electrons. The predicted molar refractivity (Wildman–Crippen MR) is 119 cm³/mol. The number of hydrogen-bond donors (Lipinski definition) is 0. The van der Waals surface area contributed by atoms with Gasteiger partial charge in [0.2, 0.25) is 0 Å². The molecule has 1 aromatic carbocycles. The minimum absolute atomic E-state index is 0.188. The van der Waals surface area contributed by atoms with Gasteiger partial charge in [-0.1, -0.05) is 37.1 Å². The monoisotopic (exact) mass is 402 g/mol. The molecule has 2 aromatic rings. The van der Waals surface area contributed by atoms with Gasteiger partial charge >= 0.3 is 7.12 Å². The molecule has 0 spiro atoms. The van der Waals surface area contributed by atoms with Crippen LogP contribution in [-0.2, 0) is 20.8 Å². The maximum absolute atomic E-state index is 6.19. The molecule has 1 fully saturated rings. The lowest BCUT2D eigenvalue weighted by Crippen LogP contribution is -2.41. The van der Waals surface area contributed by atoms with Crippen molar-refractivity contribution >= 4 is 28.9 Å². The molecule has 0 N–H and O–H groups in total. The minimum Gasteiger partial charge on any atom is -0.399 e. The maximum Gasteiger partial charge on any atom is 0.494 e. The Morgan fingerprint density at radius 3 is 2.61 bits per heavy atom. The molecule has 0 bridgehead atoms. The standard InChI is InChI=1S/C21H31BN2O3S/c1-7-28(6)14-13-25-16-24-12-11-23-19(24)17-9-8-10-18(15-17)22-26-20(2,3)21(4,5)27-22/h8-12,15H,6-7,13-14,16H2,1-5H3. The molecule has 1 saturated heterocycles. The molecule has 1 aromatic heterocycles. The fourth-order valence-electron chi connectivity index (χ4n) is 2.96. The fourth-order valence-corrected chi connectivity index (χ4v) is 3.60. The summed E-state index contributed by atoms with van der Waals surface area (Å²) in [5, 5.41) is 0. The lowest BCUT2D eigenvalue weighted by molar-refractivity contribution is 0.00578. The van der Waals surface area contributed by atoms with Crippen molar-refractivity contribution in [2.24, 2.45) is 0 Å². The van der Waals surface area contributed by atoms with Crippen LogP contribution >= 0.6 is 10.5 Å². The summed E-state index contributed by atoms with van der Waals surface area (Å²) in [7, 11) is -0.193. The van der Waals surface area contributed by atoms with Crippen molar-refractivity contribution < 1.29 is 14.0 Å². The minimum atomic E-state index is -0.381. The third-order valence-electron chi connectivity index (χ3n) is 5.54. The Morgan fingerprint density at radius 1 is 1.21 bits per heavy atom. The molecule has 28 heavy (non-hydrogen) atoms. The molecule has 3 rings (SSSR count). The van der Waals surface area contributed by atoms with Gasteiger partial charge in [0.15, 0.2) is 0 Å². The molecular weight excluding hydrogens is 371 g/mol. The highest BCUT2D eigenvalue weighted by atomic mass is 32.2. The molecule has 1 aliphatic rings. The SMILES string of the molecule is C=S(CC)CCOCn1ccnc1-c1cccc(B2OC(C)(C)C(C)(C)O2)c1. The zero-order valence-electron chi connectivity index (χ0n) is 17.6. The van der Waals surface area contributed by atoms with Crippen molar-refractivity contribution in [3.63, 3.8) is 0 Å². The van der Waals surface area contributed by atoms with E-state index in [1.54, 1.807) is 6.20 Å². The second-order valence-electron chi connectivity index (χ2n) is 8.08. The van der Waals surface area contributed by atoms with E-state index < -0.39 is 0 Å². The summed E-state index contributed by atoms with van der Waals surface area (Å²) in [5.74, 6) is 7.11. The molecule has 1 aliphatic heterocycles. The van der Waals surface area contributed by atoms with Gasteiger partial charge in [-0.05, 0) is 38.9 Å². The van der Waals surface area contributed by atoms with E-state index >= 15 is 0 Å². The largest absolute Gasteiger partial charge is 0.494 e. The van der Waals surface area contributed by atoms with Crippen molar-refractivity contribution in [1.82, 2.24) is 9.55 Å². The van der Waals surface area contributed by atoms with Gasteiger partial charge in [-0.15, -0.1) is 0 Å². The van der Waals surface area contributed by atoms with Crippen molar-refractivity contribution in [1.29, 1.82) is 0 Å². The van der Waals surface area contributed by atoms with Crippen molar-refractivity contribution in [3.8, 4) is 11.4 Å². The third kappa shape index (κ3) is 4.59. The summed E-state index contributed by atoms with van der Waals surface area (Å²) in [5.41, 5.74) is 1.30. The number of benzene rings is 1. The number of hydrogen-bond acceptors (Lipinski definition) is 4. The second kappa shape index (κ2) is 8.53. The quantitative estimate of drug-likeness (QED) is 0.385. The molecule has 0 aliphatic carbocycles. The van der Waals surface area contributed by atoms with E-state index in [4.69, 9.17) is 14.0 Å². The smallest absolute Gasteiger partial charge is 0.399 e. The van der Waals surface area contributed by atoms with E-state index in [0.29, 0.717) is 13.3 Å². The predicted octanol–water partition coefficient (Wildman–Crippen LogP) is 3.54. The first-order chi connectivity index (χ1) is 13.2. The number of rotatable bonds is 8. The Kier molecular flexibility index (Phi) is 6.49. The van der Waals surface area contributed by atoms with Crippen LogP contribution in [0.2, 0.25) is 0 Å². The Morgan fingerprint density at radius 2 is 1.93 bits per heavy atom. The van der Waals surface area contributed by atoms with Gasteiger partial charge in [-0.3, -0.25) is 0 Å². The average Bonchev–Trinajstić information content (AvgIpc) is 3.20. The number of aromatic nitrogens is 2. The average molecular weight is 402 g/mol. The van der Waals surface area contributed by atoms with Gasteiger partial charge in [-0.25, -0.2) is 4.98 Å². The Bertz CT molecular complexity index is 819. The van der Waals surface area contributed by atoms with Crippen LogP contribution in [0.15, 0.2) is 36.7 Å². The molecule has 7 heteroatoms. The highest BCUT2D eigenvalue weighted by Gasteiger charge is 2.51. The summed E-state index contributed by atoms with van der Waals surface area (Å²) >= 11 is 0. The van der Waals surface area contributed by atoms with E-state index in [1.807, 2.05) is 22.9 Å². The molecule has 0 amide bonds. The maximum atomic E-state index is 6.19. The summed E-state index contributed by atoms with van der Waals surface area (Å²) in [6.07, 6.45) is 3.75.